The highest BCUT2D eigenvalue weighted by Crippen LogP contribution is 2.09. The molecule has 6 nitrogen and oxygen atoms in total. The molecule has 85 valence electrons. The number of methoxy groups -OCH3 is 1. The van der Waals surface area contributed by atoms with Crippen molar-refractivity contribution in [2.45, 2.75) is 0 Å². The van der Waals surface area contributed by atoms with Gasteiger partial charge in [0.15, 0.2) is 0 Å². The van der Waals surface area contributed by atoms with Gasteiger partial charge in [-0.15, -0.1) is 0 Å². The number of hydrogen-bond donors (Lipinski definition) is 1. The summed E-state index contributed by atoms with van der Waals surface area (Å²) in [7, 11) is 2.96. The molecule has 0 unspecified atom stereocenters. The van der Waals surface area contributed by atoms with Crippen LogP contribution in [0.4, 0.5) is 5.82 Å². The van der Waals surface area contributed by atoms with Crippen molar-refractivity contribution in [2.24, 2.45) is 5.73 Å². The lowest BCUT2D eigenvalue weighted by Crippen LogP contribution is -2.31. The molecule has 2 N–H and O–H groups in total. The number of rotatable bonds is 4. The molecular weight excluding hydrogens is 210 g/mol. The van der Waals surface area contributed by atoms with Gasteiger partial charge in [-0.05, 0) is 12.1 Å². The molecule has 1 radical (unpaired) electrons. The molecule has 0 bridgehead atoms. The van der Waals surface area contributed by atoms with Crippen molar-refractivity contribution >= 4 is 17.6 Å². The van der Waals surface area contributed by atoms with Crippen LogP contribution in [-0.2, 0) is 9.53 Å². The number of nitrogens with two attached hydrogens (primary N) is 1. The Hall–Kier alpha value is -1.95. The Balaban J connectivity index is 2.91. The maximum Gasteiger partial charge on any atom is 0.268 e. The quantitative estimate of drug-likeness (QED) is 0.750. The highest BCUT2D eigenvalue weighted by Gasteiger charge is 2.13. The summed E-state index contributed by atoms with van der Waals surface area (Å²) in [6.07, 6.45) is 0. The van der Waals surface area contributed by atoms with Crippen LogP contribution in [-0.4, -0.2) is 37.6 Å². The maximum atomic E-state index is 11.5. The highest BCUT2D eigenvalue weighted by molar-refractivity contribution is 5.94. The smallest absolute Gasteiger partial charge is 0.268 e. The second-order valence-electron chi connectivity index (χ2n) is 3.05. The van der Waals surface area contributed by atoms with Gasteiger partial charge in [-0.25, -0.2) is 4.98 Å². The fourth-order valence-electron chi connectivity index (χ4n) is 1.04. The molecule has 2 amide bonds. The Morgan fingerprint density at radius 3 is 2.88 bits per heavy atom. The lowest BCUT2D eigenvalue weighted by atomic mass is 10.3. The van der Waals surface area contributed by atoms with Gasteiger partial charge in [-0.1, -0.05) is 0 Å². The molecule has 1 heterocycles. The third-order valence-corrected chi connectivity index (χ3v) is 1.90. The Morgan fingerprint density at radius 1 is 1.62 bits per heavy atom. The summed E-state index contributed by atoms with van der Waals surface area (Å²) in [5.41, 5.74) is 5.05. The number of ether oxygens (including phenoxy) is 1. The Morgan fingerprint density at radius 2 is 2.31 bits per heavy atom. The van der Waals surface area contributed by atoms with Gasteiger partial charge in [-0.2, -0.15) is 0 Å². The molecule has 6 heteroatoms. The van der Waals surface area contributed by atoms with Gasteiger partial charge in [0.05, 0.1) is 0 Å². The molecule has 0 aliphatic rings. The normalized spacial score (nSPS) is 9.88. The molecule has 16 heavy (non-hydrogen) atoms. The zero-order chi connectivity index (χ0) is 12.1. The second-order valence-corrected chi connectivity index (χ2v) is 3.05. The van der Waals surface area contributed by atoms with Crippen molar-refractivity contribution in [2.75, 3.05) is 25.7 Å². The number of nitrogens with zero attached hydrogens (tertiary/aromatic N) is 2. The van der Waals surface area contributed by atoms with Gasteiger partial charge in [0.25, 0.3) is 11.8 Å². The largest absolute Gasteiger partial charge is 0.375 e. The van der Waals surface area contributed by atoms with Crippen LogP contribution < -0.4 is 10.6 Å². The molecule has 0 spiro atoms. The van der Waals surface area contributed by atoms with Gasteiger partial charge in [0.1, 0.15) is 18.1 Å². The van der Waals surface area contributed by atoms with Crippen LogP contribution in [0.15, 0.2) is 12.1 Å². The van der Waals surface area contributed by atoms with Crippen LogP contribution >= 0.6 is 0 Å². The fourth-order valence-corrected chi connectivity index (χ4v) is 1.04. The molecule has 1 aromatic rings. The first-order valence-electron chi connectivity index (χ1n) is 4.50. The van der Waals surface area contributed by atoms with Crippen LogP contribution in [0.25, 0.3) is 0 Å². The lowest BCUT2D eigenvalue weighted by molar-refractivity contribution is -0.121. The van der Waals surface area contributed by atoms with Crippen molar-refractivity contribution in [3.05, 3.63) is 23.9 Å². The third-order valence-electron chi connectivity index (χ3n) is 1.90. The number of carbonyl (C=O) groups is 2. The van der Waals surface area contributed by atoms with Gasteiger partial charge in [-0.3, -0.25) is 14.5 Å². The molecule has 0 fully saturated rings. The number of pyridine rings is 1. The van der Waals surface area contributed by atoms with E-state index in [0.29, 0.717) is 5.82 Å². The number of primary amides is 1. The second kappa shape index (κ2) is 5.22. The van der Waals surface area contributed by atoms with Crippen LogP contribution in [0.3, 0.4) is 0 Å². The Labute approximate surface area is 93.0 Å². The van der Waals surface area contributed by atoms with E-state index >= 15 is 0 Å². The highest BCUT2D eigenvalue weighted by atomic mass is 16.5. The Kier molecular flexibility index (Phi) is 3.96. The first-order valence-corrected chi connectivity index (χ1v) is 4.50. The van der Waals surface area contributed by atoms with Crippen molar-refractivity contribution in [1.82, 2.24) is 4.98 Å². The molecule has 1 aromatic heterocycles. The van der Waals surface area contributed by atoms with E-state index in [-0.39, 0.29) is 18.2 Å². The summed E-state index contributed by atoms with van der Waals surface area (Å²) in [6, 6.07) is 5.62. The molecule has 1 rings (SSSR count). The summed E-state index contributed by atoms with van der Waals surface area (Å²) in [6.45, 7) is -0.0529. The molecule has 0 aliphatic carbocycles. The number of hydrogen-bond acceptors (Lipinski definition) is 4. The van der Waals surface area contributed by atoms with E-state index in [1.165, 1.54) is 25.1 Å². The van der Waals surface area contributed by atoms with Crippen LogP contribution in [0.1, 0.15) is 10.5 Å². The molecular formula is C10H12N3O3. The average Bonchev–Trinajstić information content (AvgIpc) is 2.28. The summed E-state index contributed by atoms with van der Waals surface area (Å²) >= 11 is 0. The van der Waals surface area contributed by atoms with Gasteiger partial charge >= 0.3 is 0 Å². The predicted molar refractivity (Wildman–Crippen MR) is 56.9 cm³/mol. The van der Waals surface area contributed by atoms with Gasteiger partial charge in [0, 0.05) is 20.2 Å². The molecule has 0 saturated heterocycles. The van der Waals surface area contributed by atoms with Crippen LogP contribution in [0.5, 0.6) is 0 Å². The zero-order valence-corrected chi connectivity index (χ0v) is 9.06. The number of carbonyl (C=O) groups excluding carboxylic acids is 2. The molecule has 0 saturated carbocycles. The molecule has 0 aromatic carbocycles. The van der Waals surface area contributed by atoms with E-state index in [1.54, 1.807) is 6.07 Å². The maximum absolute atomic E-state index is 11.5. The first-order chi connectivity index (χ1) is 7.56. The van der Waals surface area contributed by atoms with E-state index in [1.807, 2.05) is 0 Å². The predicted octanol–water partition coefficient (Wildman–Crippen LogP) is -0.410. The van der Waals surface area contributed by atoms with Gasteiger partial charge < -0.3 is 10.5 Å². The summed E-state index contributed by atoms with van der Waals surface area (Å²) in [4.78, 5) is 27.5. The molecule has 0 atom stereocenters. The zero-order valence-electron chi connectivity index (χ0n) is 9.06. The minimum absolute atomic E-state index is 0.00503. The Bertz CT molecular complexity index is 406. The van der Waals surface area contributed by atoms with Crippen molar-refractivity contribution in [3.8, 4) is 0 Å². The van der Waals surface area contributed by atoms with Crippen molar-refractivity contribution in [1.29, 1.82) is 0 Å². The van der Waals surface area contributed by atoms with E-state index in [9.17, 15) is 9.59 Å². The topological polar surface area (TPSA) is 85.5 Å². The van der Waals surface area contributed by atoms with Gasteiger partial charge in [0.2, 0.25) is 0 Å². The van der Waals surface area contributed by atoms with E-state index in [4.69, 9.17) is 10.5 Å². The lowest BCUT2D eigenvalue weighted by Gasteiger charge is -2.15. The summed E-state index contributed by atoms with van der Waals surface area (Å²) in [5.74, 6) is -0.624. The summed E-state index contributed by atoms with van der Waals surface area (Å²) in [5, 5.41) is 0. The number of aromatic nitrogens is 1. The number of amides is 2. The van der Waals surface area contributed by atoms with Crippen molar-refractivity contribution in [3.63, 3.8) is 0 Å². The number of likely N-dealkylation sites (N-methyl/N-ethyl adjacent to an activating group) is 1. The fraction of sp³-hybridized carbons (Fsp3) is 0.300. The van der Waals surface area contributed by atoms with Crippen LogP contribution in [0.2, 0.25) is 0 Å². The first kappa shape index (κ1) is 12.1. The SMILES string of the molecule is COCC(=O)N(C)c1cc[c]c(C(N)=O)n1. The monoisotopic (exact) mass is 222 g/mol. The van der Waals surface area contributed by atoms with Crippen molar-refractivity contribution < 1.29 is 14.3 Å². The van der Waals surface area contributed by atoms with E-state index < -0.39 is 5.91 Å². The van der Waals surface area contributed by atoms with Crippen LogP contribution in [0, 0.1) is 6.07 Å². The molecule has 0 aliphatic heterocycles. The standard InChI is InChI=1S/C10H12N3O3/c1-13(9(14)6-16-2)8-5-3-4-7(12-8)10(11)15/h3,5H,6H2,1-2H3,(H2,11,15). The summed E-state index contributed by atoms with van der Waals surface area (Å²) < 4.78 is 4.71. The number of anilines is 1. The third kappa shape index (κ3) is 2.77. The van der Waals surface area contributed by atoms with E-state index in [2.05, 4.69) is 11.1 Å². The average molecular weight is 222 g/mol. The minimum Gasteiger partial charge on any atom is -0.375 e. The van der Waals surface area contributed by atoms with E-state index in [0.717, 1.165) is 0 Å². The minimum atomic E-state index is -0.686.